The number of piperidine rings is 2. The minimum atomic E-state index is 0.483. The van der Waals surface area contributed by atoms with E-state index in [-0.39, 0.29) is 0 Å². The summed E-state index contributed by atoms with van der Waals surface area (Å²) < 4.78 is 5.98. The van der Waals surface area contributed by atoms with Crippen LogP contribution in [-0.2, 0) is 6.54 Å². The van der Waals surface area contributed by atoms with Crippen LogP contribution in [0.4, 0.5) is 17.6 Å². The number of rotatable bonds is 6. The van der Waals surface area contributed by atoms with Gasteiger partial charge in [0.25, 0.3) is 0 Å². The fourth-order valence-corrected chi connectivity index (χ4v) is 5.03. The lowest BCUT2D eigenvalue weighted by Crippen LogP contribution is -2.36. The molecule has 35 heavy (non-hydrogen) atoms. The van der Waals surface area contributed by atoms with E-state index in [0.29, 0.717) is 23.5 Å². The summed E-state index contributed by atoms with van der Waals surface area (Å²) in [7, 11) is 0. The Morgan fingerprint density at radius 2 is 1.71 bits per heavy atom. The van der Waals surface area contributed by atoms with Crippen LogP contribution in [0.1, 0.15) is 44.8 Å². The van der Waals surface area contributed by atoms with Gasteiger partial charge in [-0.3, -0.25) is 0 Å². The highest BCUT2D eigenvalue weighted by molar-refractivity contribution is 7.80. The largest absolute Gasteiger partial charge is 0.459 e. The van der Waals surface area contributed by atoms with Crippen LogP contribution in [0.25, 0.3) is 11.3 Å². The van der Waals surface area contributed by atoms with Crippen LogP contribution in [-0.4, -0.2) is 41.3 Å². The first-order chi connectivity index (χ1) is 17.1. The number of nitrogens with zero attached hydrogens (tertiary/aromatic N) is 4. The van der Waals surface area contributed by atoms with Gasteiger partial charge in [0.2, 0.25) is 5.95 Å². The third-order valence-corrected chi connectivity index (χ3v) is 6.98. The monoisotopic (exact) mass is 490 g/mol. The van der Waals surface area contributed by atoms with Crippen molar-refractivity contribution in [3.63, 3.8) is 0 Å². The molecule has 2 aliphatic rings. The van der Waals surface area contributed by atoms with E-state index >= 15 is 0 Å². The van der Waals surface area contributed by atoms with Crippen LogP contribution in [0.15, 0.2) is 52.9 Å². The second-order valence-electron chi connectivity index (χ2n) is 9.59. The zero-order valence-electron chi connectivity index (χ0n) is 20.4. The molecule has 2 aromatic heterocycles. The Balaban J connectivity index is 1.27. The number of anilines is 3. The SMILES string of the molecule is C[C@@H]1CCCN(c2cc(N3CCCCC3)nc(NC(=S)NCc3ccc(-c4ccccc4)o3)n2)C1. The lowest BCUT2D eigenvalue weighted by atomic mass is 10.0. The second kappa shape index (κ2) is 11.1. The van der Waals surface area contributed by atoms with Gasteiger partial charge in [-0.25, -0.2) is 0 Å². The topological polar surface area (TPSA) is 69.5 Å². The highest BCUT2D eigenvalue weighted by Gasteiger charge is 2.21. The maximum absolute atomic E-state index is 5.98. The Hall–Kier alpha value is -3.13. The molecule has 7 nitrogen and oxygen atoms in total. The van der Waals surface area contributed by atoms with E-state index in [1.54, 1.807) is 0 Å². The van der Waals surface area contributed by atoms with Gasteiger partial charge in [0.05, 0.1) is 6.54 Å². The van der Waals surface area contributed by atoms with Crippen LogP contribution in [0.3, 0.4) is 0 Å². The first-order valence-corrected chi connectivity index (χ1v) is 13.1. The van der Waals surface area contributed by atoms with Crippen molar-refractivity contribution in [2.24, 2.45) is 5.92 Å². The summed E-state index contributed by atoms with van der Waals surface area (Å²) in [4.78, 5) is 14.4. The third kappa shape index (κ3) is 6.11. The Morgan fingerprint density at radius 1 is 0.971 bits per heavy atom. The summed E-state index contributed by atoms with van der Waals surface area (Å²) in [6.07, 6.45) is 6.17. The highest BCUT2D eigenvalue weighted by atomic mass is 32.1. The van der Waals surface area contributed by atoms with Gasteiger partial charge >= 0.3 is 0 Å². The summed E-state index contributed by atoms with van der Waals surface area (Å²) in [5.74, 6) is 4.85. The molecule has 0 amide bonds. The van der Waals surface area contributed by atoms with Crippen molar-refractivity contribution in [3.8, 4) is 11.3 Å². The molecule has 8 heteroatoms. The van der Waals surface area contributed by atoms with Gasteiger partial charge in [0.1, 0.15) is 23.2 Å². The summed E-state index contributed by atoms with van der Waals surface area (Å²) in [5.41, 5.74) is 1.06. The van der Waals surface area contributed by atoms with Gasteiger partial charge in [-0.05, 0) is 62.4 Å². The van der Waals surface area contributed by atoms with E-state index in [1.807, 2.05) is 42.5 Å². The van der Waals surface area contributed by atoms with Crippen molar-refractivity contribution in [1.82, 2.24) is 15.3 Å². The number of hydrogen-bond donors (Lipinski definition) is 2. The van der Waals surface area contributed by atoms with Crippen molar-refractivity contribution >= 4 is 34.9 Å². The number of furan rings is 1. The van der Waals surface area contributed by atoms with Gasteiger partial charge in [-0.1, -0.05) is 37.3 Å². The maximum Gasteiger partial charge on any atom is 0.232 e. The molecule has 0 aliphatic carbocycles. The highest BCUT2D eigenvalue weighted by Crippen LogP contribution is 2.27. The fraction of sp³-hybridized carbons (Fsp3) is 0.444. The molecule has 2 saturated heterocycles. The van der Waals surface area contributed by atoms with Gasteiger partial charge in [-0.2, -0.15) is 9.97 Å². The molecular formula is C27H34N6OS. The first kappa shape index (κ1) is 23.6. The molecule has 3 aromatic rings. The minimum Gasteiger partial charge on any atom is -0.459 e. The summed E-state index contributed by atoms with van der Waals surface area (Å²) in [5, 5.41) is 6.94. The molecule has 0 spiro atoms. The molecule has 4 heterocycles. The molecular weight excluding hydrogens is 456 g/mol. The van der Waals surface area contributed by atoms with Crippen molar-refractivity contribution in [1.29, 1.82) is 0 Å². The smallest absolute Gasteiger partial charge is 0.232 e. The van der Waals surface area contributed by atoms with Crippen LogP contribution in [0.2, 0.25) is 0 Å². The van der Waals surface area contributed by atoms with Crippen molar-refractivity contribution in [2.45, 2.75) is 45.6 Å². The van der Waals surface area contributed by atoms with E-state index in [1.165, 1.54) is 32.1 Å². The average Bonchev–Trinajstić information content (AvgIpc) is 3.38. The van der Waals surface area contributed by atoms with Crippen molar-refractivity contribution in [3.05, 3.63) is 54.3 Å². The lowest BCUT2D eigenvalue weighted by Gasteiger charge is -2.33. The lowest BCUT2D eigenvalue weighted by molar-refractivity contribution is 0.444. The van der Waals surface area contributed by atoms with Crippen molar-refractivity contribution in [2.75, 3.05) is 41.3 Å². The van der Waals surface area contributed by atoms with E-state index < -0.39 is 0 Å². The quantitative estimate of drug-likeness (QED) is 0.442. The van der Waals surface area contributed by atoms with E-state index in [2.05, 4.69) is 33.4 Å². The van der Waals surface area contributed by atoms with Crippen LogP contribution in [0.5, 0.6) is 0 Å². The minimum absolute atomic E-state index is 0.483. The summed E-state index contributed by atoms with van der Waals surface area (Å²) in [6.45, 7) is 6.94. The molecule has 184 valence electrons. The molecule has 1 atom stereocenters. The van der Waals surface area contributed by atoms with E-state index in [4.69, 9.17) is 26.6 Å². The molecule has 5 rings (SSSR count). The Morgan fingerprint density at radius 3 is 2.49 bits per heavy atom. The van der Waals surface area contributed by atoms with Crippen LogP contribution < -0.4 is 20.4 Å². The first-order valence-electron chi connectivity index (χ1n) is 12.7. The summed E-state index contributed by atoms with van der Waals surface area (Å²) >= 11 is 5.58. The standard InChI is InChI=1S/C27H34N6OS/c1-20-9-8-16-33(19-20)25-17-24(32-14-6-3-7-15-32)29-26(30-25)31-27(35)28-18-22-12-13-23(34-22)21-10-4-2-5-11-21/h2,4-5,10-13,17,20H,3,6-9,14-16,18-19H2,1H3,(H2,28,29,30,31,35)/t20-/m1/s1. The molecule has 0 radical (unpaired) electrons. The molecule has 0 saturated carbocycles. The van der Waals surface area contributed by atoms with E-state index in [0.717, 1.165) is 54.9 Å². The maximum atomic E-state index is 5.98. The predicted molar refractivity (Wildman–Crippen MR) is 146 cm³/mol. The summed E-state index contributed by atoms with van der Waals surface area (Å²) in [6, 6.07) is 16.2. The number of hydrogen-bond acceptors (Lipinski definition) is 6. The molecule has 2 fully saturated rings. The molecule has 1 aromatic carbocycles. The molecule has 0 bridgehead atoms. The molecule has 2 N–H and O–H groups in total. The number of aromatic nitrogens is 2. The average molecular weight is 491 g/mol. The third-order valence-electron chi connectivity index (χ3n) is 6.73. The Kier molecular flexibility index (Phi) is 7.47. The van der Waals surface area contributed by atoms with Gasteiger partial charge in [-0.15, -0.1) is 0 Å². The number of nitrogens with one attached hydrogen (secondary N) is 2. The number of benzene rings is 1. The van der Waals surface area contributed by atoms with Crippen LogP contribution in [0, 0.1) is 5.92 Å². The van der Waals surface area contributed by atoms with Crippen LogP contribution >= 0.6 is 12.2 Å². The van der Waals surface area contributed by atoms with Gasteiger partial charge < -0.3 is 24.9 Å². The zero-order valence-corrected chi connectivity index (χ0v) is 21.2. The zero-order chi connectivity index (χ0) is 24.0. The normalized spacial score (nSPS) is 18.4. The number of thiocarbonyl (C=S) groups is 1. The molecule has 0 unspecified atom stereocenters. The fourth-order valence-electron chi connectivity index (χ4n) is 4.87. The second-order valence-corrected chi connectivity index (χ2v) is 10.00. The van der Waals surface area contributed by atoms with E-state index in [9.17, 15) is 0 Å². The van der Waals surface area contributed by atoms with Crippen molar-refractivity contribution < 1.29 is 4.42 Å². The predicted octanol–water partition coefficient (Wildman–Crippen LogP) is 5.45. The Bertz CT molecular complexity index is 1130. The molecule has 2 aliphatic heterocycles. The van der Waals surface area contributed by atoms with Gasteiger partial charge in [0.15, 0.2) is 5.11 Å². The Labute approximate surface area is 212 Å². The van der Waals surface area contributed by atoms with Gasteiger partial charge in [0, 0.05) is 37.8 Å².